The van der Waals surface area contributed by atoms with E-state index in [2.05, 4.69) is 22.0 Å². The fourth-order valence-corrected chi connectivity index (χ4v) is 4.64. The van der Waals surface area contributed by atoms with E-state index < -0.39 is 0 Å². The van der Waals surface area contributed by atoms with Crippen LogP contribution in [0.4, 0.5) is 0 Å². The molecule has 8 nitrogen and oxygen atoms in total. The molecule has 0 spiro atoms. The van der Waals surface area contributed by atoms with Crippen LogP contribution in [0.15, 0.2) is 27.8 Å². The van der Waals surface area contributed by atoms with Crippen molar-refractivity contribution in [2.75, 3.05) is 65.6 Å². The number of nitrogens with zero attached hydrogens (tertiary/aromatic N) is 4. The summed E-state index contributed by atoms with van der Waals surface area (Å²) in [6.45, 7) is 10.7. The normalized spacial score (nSPS) is 23.3. The fourth-order valence-electron chi connectivity index (χ4n) is 4.64. The van der Waals surface area contributed by atoms with Crippen molar-refractivity contribution < 1.29 is 13.9 Å². The van der Waals surface area contributed by atoms with Crippen molar-refractivity contribution in [1.29, 1.82) is 0 Å². The van der Waals surface area contributed by atoms with Crippen molar-refractivity contribution in [3.63, 3.8) is 0 Å². The second-order valence-corrected chi connectivity index (χ2v) is 8.88. The predicted octanol–water partition coefficient (Wildman–Crippen LogP) is 2.05. The molecular weight excluding hydrogens is 521 g/mol. The molecule has 2 atom stereocenters. The van der Waals surface area contributed by atoms with Crippen molar-refractivity contribution in [3.8, 4) is 0 Å². The van der Waals surface area contributed by atoms with Gasteiger partial charge in [-0.3, -0.25) is 14.7 Å². The van der Waals surface area contributed by atoms with Crippen LogP contribution in [-0.4, -0.2) is 98.2 Å². The summed E-state index contributed by atoms with van der Waals surface area (Å²) >= 11 is 0. The quantitative estimate of drug-likeness (QED) is 0.314. The van der Waals surface area contributed by atoms with Crippen LogP contribution in [0, 0.1) is 5.92 Å². The molecule has 32 heavy (non-hydrogen) atoms. The topological polar surface area (TPSA) is 73.6 Å². The second-order valence-electron chi connectivity index (χ2n) is 8.88. The third kappa shape index (κ3) is 6.84. The van der Waals surface area contributed by atoms with Gasteiger partial charge in [0.1, 0.15) is 5.76 Å². The first-order valence-electron chi connectivity index (χ1n) is 11.9. The molecule has 4 rings (SSSR count). The summed E-state index contributed by atoms with van der Waals surface area (Å²) in [5, 5.41) is 3.54. The van der Waals surface area contributed by atoms with Gasteiger partial charge in [-0.05, 0) is 38.3 Å². The van der Waals surface area contributed by atoms with E-state index in [9.17, 15) is 4.79 Å². The SMILES string of the molecule is CC(C(=O)N1CCCC1)N1CCN(C(=NCC2CCOC2)NCCc2ccco2)CC1.I. The molecule has 0 radical (unpaired) electrons. The Morgan fingerprint density at radius 3 is 2.62 bits per heavy atom. The fraction of sp³-hybridized carbons (Fsp3) is 0.739. The molecule has 0 aliphatic carbocycles. The Hall–Kier alpha value is -1.33. The molecule has 2 unspecified atom stereocenters. The van der Waals surface area contributed by atoms with Gasteiger partial charge in [0, 0.05) is 71.3 Å². The number of aliphatic imine (C=N–C) groups is 1. The van der Waals surface area contributed by atoms with Crippen LogP contribution in [0.2, 0.25) is 0 Å². The third-order valence-corrected chi connectivity index (χ3v) is 6.69. The molecule has 0 bridgehead atoms. The summed E-state index contributed by atoms with van der Waals surface area (Å²) < 4.78 is 11.0. The average molecular weight is 559 g/mol. The molecule has 9 heteroatoms. The van der Waals surface area contributed by atoms with Gasteiger partial charge in [-0.2, -0.15) is 0 Å². The molecule has 3 aliphatic rings. The van der Waals surface area contributed by atoms with Crippen LogP contribution in [0.5, 0.6) is 0 Å². The first-order valence-corrected chi connectivity index (χ1v) is 11.9. The monoisotopic (exact) mass is 559 g/mol. The summed E-state index contributed by atoms with van der Waals surface area (Å²) in [4.78, 5) is 24.4. The lowest BCUT2D eigenvalue weighted by molar-refractivity contribution is -0.135. The Kier molecular flexibility index (Phi) is 10.1. The zero-order valence-electron chi connectivity index (χ0n) is 19.2. The number of hydrogen-bond donors (Lipinski definition) is 1. The van der Waals surface area contributed by atoms with Crippen LogP contribution in [0.1, 0.15) is 31.9 Å². The second kappa shape index (κ2) is 12.8. The number of furan rings is 1. The lowest BCUT2D eigenvalue weighted by Gasteiger charge is -2.39. The van der Waals surface area contributed by atoms with Gasteiger partial charge in [0.05, 0.1) is 18.9 Å². The van der Waals surface area contributed by atoms with E-state index >= 15 is 0 Å². The highest BCUT2D eigenvalue weighted by atomic mass is 127. The lowest BCUT2D eigenvalue weighted by Crippen LogP contribution is -2.57. The number of carbonyl (C=O) groups is 1. The van der Waals surface area contributed by atoms with E-state index in [1.807, 2.05) is 17.0 Å². The van der Waals surface area contributed by atoms with Crippen LogP contribution in [0.3, 0.4) is 0 Å². The molecule has 4 heterocycles. The molecule has 1 amide bonds. The van der Waals surface area contributed by atoms with E-state index in [1.165, 1.54) is 0 Å². The number of carbonyl (C=O) groups excluding carboxylic acids is 1. The van der Waals surface area contributed by atoms with Crippen molar-refractivity contribution in [2.45, 2.75) is 38.6 Å². The molecule has 1 N–H and O–H groups in total. The minimum absolute atomic E-state index is 0. The Bertz CT molecular complexity index is 709. The van der Waals surface area contributed by atoms with Gasteiger partial charge < -0.3 is 24.3 Å². The minimum Gasteiger partial charge on any atom is -0.469 e. The Morgan fingerprint density at radius 1 is 1.19 bits per heavy atom. The highest BCUT2D eigenvalue weighted by molar-refractivity contribution is 14.0. The highest BCUT2D eigenvalue weighted by Crippen LogP contribution is 2.15. The van der Waals surface area contributed by atoms with E-state index in [-0.39, 0.29) is 35.9 Å². The maximum absolute atomic E-state index is 12.8. The van der Waals surface area contributed by atoms with E-state index in [0.717, 1.165) is 103 Å². The highest BCUT2D eigenvalue weighted by Gasteiger charge is 2.30. The van der Waals surface area contributed by atoms with Gasteiger partial charge in [0.25, 0.3) is 0 Å². The molecule has 3 aliphatic heterocycles. The number of likely N-dealkylation sites (tertiary alicyclic amines) is 1. The Labute approximate surface area is 208 Å². The summed E-state index contributed by atoms with van der Waals surface area (Å²) in [7, 11) is 0. The number of rotatable bonds is 7. The van der Waals surface area contributed by atoms with Gasteiger partial charge >= 0.3 is 0 Å². The largest absolute Gasteiger partial charge is 0.469 e. The number of halogens is 1. The predicted molar refractivity (Wildman–Crippen MR) is 135 cm³/mol. The Balaban J connectivity index is 0.00000289. The molecule has 0 aromatic carbocycles. The van der Waals surface area contributed by atoms with Crippen LogP contribution in [0.25, 0.3) is 0 Å². The van der Waals surface area contributed by atoms with Crippen LogP contribution >= 0.6 is 24.0 Å². The molecule has 1 aromatic rings. The summed E-state index contributed by atoms with van der Waals surface area (Å²) in [6.07, 6.45) is 5.92. The first-order chi connectivity index (χ1) is 15.2. The van der Waals surface area contributed by atoms with Gasteiger partial charge in [-0.25, -0.2) is 0 Å². The number of piperazine rings is 1. The van der Waals surface area contributed by atoms with Crippen molar-refractivity contribution in [1.82, 2.24) is 20.0 Å². The van der Waals surface area contributed by atoms with Crippen LogP contribution in [-0.2, 0) is 16.0 Å². The average Bonchev–Trinajstić information content (AvgIpc) is 3.58. The van der Waals surface area contributed by atoms with Gasteiger partial charge in [0.2, 0.25) is 5.91 Å². The lowest BCUT2D eigenvalue weighted by atomic mass is 10.1. The Morgan fingerprint density at radius 2 is 1.97 bits per heavy atom. The van der Waals surface area contributed by atoms with Gasteiger partial charge in [-0.15, -0.1) is 24.0 Å². The third-order valence-electron chi connectivity index (χ3n) is 6.69. The summed E-state index contributed by atoms with van der Waals surface area (Å²) in [5.41, 5.74) is 0. The number of amides is 1. The van der Waals surface area contributed by atoms with E-state index in [4.69, 9.17) is 14.1 Å². The van der Waals surface area contributed by atoms with Crippen molar-refractivity contribution in [3.05, 3.63) is 24.2 Å². The number of hydrogen-bond acceptors (Lipinski definition) is 5. The zero-order valence-corrected chi connectivity index (χ0v) is 21.5. The zero-order chi connectivity index (χ0) is 21.5. The maximum atomic E-state index is 12.8. The van der Waals surface area contributed by atoms with Crippen LogP contribution < -0.4 is 5.32 Å². The van der Waals surface area contributed by atoms with E-state index in [1.54, 1.807) is 6.26 Å². The smallest absolute Gasteiger partial charge is 0.239 e. The van der Waals surface area contributed by atoms with Gasteiger partial charge in [0.15, 0.2) is 5.96 Å². The molecule has 180 valence electrons. The maximum Gasteiger partial charge on any atom is 0.239 e. The van der Waals surface area contributed by atoms with Gasteiger partial charge in [-0.1, -0.05) is 0 Å². The summed E-state index contributed by atoms with van der Waals surface area (Å²) in [5.74, 6) is 2.76. The summed E-state index contributed by atoms with van der Waals surface area (Å²) in [6, 6.07) is 3.89. The number of ether oxygens (including phenoxy) is 1. The molecular formula is C23H38IN5O3. The number of nitrogens with one attached hydrogen (secondary N) is 1. The van der Waals surface area contributed by atoms with Crippen molar-refractivity contribution in [2.24, 2.45) is 10.9 Å². The molecule has 3 saturated heterocycles. The number of guanidine groups is 1. The molecule has 1 aromatic heterocycles. The van der Waals surface area contributed by atoms with E-state index in [0.29, 0.717) is 5.92 Å². The molecule has 0 saturated carbocycles. The standard InChI is InChI=1S/C23H37N5O3.HI/c1-19(22(29)27-9-2-3-10-27)26-11-13-28(14-12-26)23(25-17-20-7-16-30-18-20)24-8-6-21-5-4-15-31-21;/h4-5,15,19-20H,2-3,6-14,16-18H2,1H3,(H,24,25);1H. The minimum atomic E-state index is -0.0387. The first kappa shape index (κ1) is 25.3. The van der Waals surface area contributed by atoms with Crippen molar-refractivity contribution >= 4 is 35.8 Å². The molecule has 3 fully saturated rings.